The maximum atomic E-state index is 12.1. The number of amides is 1. The quantitative estimate of drug-likeness (QED) is 0.842. The van der Waals surface area contributed by atoms with E-state index in [1.54, 1.807) is 25.2 Å². The SMILES string of the molecule is Cc1cc(Cl)ccc1OCC(=O)N(C)C1CCS(=O)(=O)C1. The van der Waals surface area contributed by atoms with E-state index in [4.69, 9.17) is 16.3 Å². The van der Waals surface area contributed by atoms with Crippen LogP contribution >= 0.6 is 11.6 Å². The number of hydrogen-bond acceptors (Lipinski definition) is 4. The maximum Gasteiger partial charge on any atom is 0.260 e. The highest BCUT2D eigenvalue weighted by Gasteiger charge is 2.32. The third-order valence-electron chi connectivity index (χ3n) is 3.64. The van der Waals surface area contributed by atoms with Crippen LogP contribution in [0.3, 0.4) is 0 Å². The van der Waals surface area contributed by atoms with E-state index in [0.29, 0.717) is 17.2 Å². The first-order valence-electron chi connectivity index (χ1n) is 6.63. The molecule has 1 heterocycles. The zero-order valence-corrected chi connectivity index (χ0v) is 13.6. The van der Waals surface area contributed by atoms with Gasteiger partial charge in [-0.25, -0.2) is 8.42 Å². The second-order valence-electron chi connectivity index (χ2n) is 5.26. The first kappa shape index (κ1) is 16.1. The molecule has 2 rings (SSSR count). The smallest absolute Gasteiger partial charge is 0.260 e. The third-order valence-corrected chi connectivity index (χ3v) is 5.62. The van der Waals surface area contributed by atoms with E-state index in [-0.39, 0.29) is 30.1 Å². The van der Waals surface area contributed by atoms with Crippen LogP contribution < -0.4 is 4.74 Å². The molecule has 0 aromatic heterocycles. The number of carbonyl (C=O) groups excluding carboxylic acids is 1. The van der Waals surface area contributed by atoms with E-state index < -0.39 is 9.84 Å². The van der Waals surface area contributed by atoms with Crippen molar-refractivity contribution in [2.45, 2.75) is 19.4 Å². The van der Waals surface area contributed by atoms with E-state index in [0.717, 1.165) is 5.56 Å². The topological polar surface area (TPSA) is 63.7 Å². The Labute approximate surface area is 129 Å². The van der Waals surface area contributed by atoms with Crippen molar-refractivity contribution in [2.75, 3.05) is 25.2 Å². The van der Waals surface area contributed by atoms with Gasteiger partial charge in [-0.1, -0.05) is 11.6 Å². The lowest BCUT2D eigenvalue weighted by atomic mass is 10.2. The number of carbonyl (C=O) groups is 1. The lowest BCUT2D eigenvalue weighted by molar-refractivity contribution is -0.133. The number of aryl methyl sites for hydroxylation is 1. The average molecular weight is 332 g/mol. The second kappa shape index (κ2) is 6.23. The molecule has 0 spiro atoms. The standard InChI is InChI=1S/C14H18ClNO4S/c1-10-7-11(15)3-4-13(10)20-8-14(17)16(2)12-5-6-21(18,19)9-12/h3-4,7,12H,5-6,8-9H2,1-2H3. The van der Waals surface area contributed by atoms with E-state index in [2.05, 4.69) is 0 Å². The minimum Gasteiger partial charge on any atom is -0.483 e. The van der Waals surface area contributed by atoms with Crippen LogP contribution in [0.1, 0.15) is 12.0 Å². The van der Waals surface area contributed by atoms with Gasteiger partial charge in [0.15, 0.2) is 16.4 Å². The Morgan fingerprint density at radius 1 is 1.48 bits per heavy atom. The Morgan fingerprint density at radius 2 is 2.19 bits per heavy atom. The van der Waals surface area contributed by atoms with Gasteiger partial charge in [0.05, 0.1) is 11.5 Å². The van der Waals surface area contributed by atoms with Gasteiger partial charge in [-0.15, -0.1) is 0 Å². The second-order valence-corrected chi connectivity index (χ2v) is 7.93. The minimum atomic E-state index is -3.00. The van der Waals surface area contributed by atoms with Gasteiger partial charge in [-0.05, 0) is 37.1 Å². The fraction of sp³-hybridized carbons (Fsp3) is 0.500. The molecule has 0 aliphatic carbocycles. The van der Waals surface area contributed by atoms with Gasteiger partial charge in [-0.3, -0.25) is 4.79 Å². The number of rotatable bonds is 4. The number of benzene rings is 1. The van der Waals surface area contributed by atoms with Crippen LogP contribution in [-0.2, 0) is 14.6 Å². The predicted octanol–water partition coefficient (Wildman–Crippen LogP) is 1.67. The Hall–Kier alpha value is -1.27. The van der Waals surface area contributed by atoms with E-state index in [1.165, 1.54) is 4.90 Å². The monoisotopic (exact) mass is 331 g/mol. The zero-order valence-electron chi connectivity index (χ0n) is 12.0. The predicted molar refractivity (Wildman–Crippen MR) is 81.5 cm³/mol. The minimum absolute atomic E-state index is 0.0369. The summed E-state index contributed by atoms with van der Waals surface area (Å²) in [7, 11) is -1.38. The molecule has 1 unspecified atom stereocenters. The van der Waals surface area contributed by atoms with Crippen molar-refractivity contribution in [3.63, 3.8) is 0 Å². The molecule has 0 bridgehead atoms. The van der Waals surface area contributed by atoms with Crippen LogP contribution in [0.15, 0.2) is 18.2 Å². The van der Waals surface area contributed by atoms with Crippen LogP contribution in [0.5, 0.6) is 5.75 Å². The first-order valence-corrected chi connectivity index (χ1v) is 8.83. The Kier molecular flexibility index (Phi) is 4.78. The number of likely N-dealkylation sites (N-methyl/N-ethyl adjacent to an activating group) is 1. The summed E-state index contributed by atoms with van der Waals surface area (Å²) in [6, 6.07) is 4.92. The van der Waals surface area contributed by atoms with Crippen molar-refractivity contribution in [3.8, 4) is 5.75 Å². The van der Waals surface area contributed by atoms with Gasteiger partial charge >= 0.3 is 0 Å². The molecular weight excluding hydrogens is 314 g/mol. The number of sulfone groups is 1. The lowest BCUT2D eigenvalue weighted by Crippen LogP contribution is -2.40. The molecule has 1 saturated heterocycles. The summed E-state index contributed by atoms with van der Waals surface area (Å²) < 4.78 is 28.4. The molecule has 1 aromatic rings. The molecule has 7 heteroatoms. The molecule has 1 aliphatic rings. The van der Waals surface area contributed by atoms with Crippen LogP contribution in [-0.4, -0.2) is 50.4 Å². The highest BCUT2D eigenvalue weighted by molar-refractivity contribution is 7.91. The van der Waals surface area contributed by atoms with Crippen molar-refractivity contribution < 1.29 is 17.9 Å². The molecule has 1 fully saturated rings. The van der Waals surface area contributed by atoms with Gasteiger partial charge in [0.2, 0.25) is 0 Å². The summed E-state index contributed by atoms with van der Waals surface area (Å²) in [5.41, 5.74) is 0.849. The summed E-state index contributed by atoms with van der Waals surface area (Å²) in [6.07, 6.45) is 0.491. The summed E-state index contributed by atoms with van der Waals surface area (Å²) in [4.78, 5) is 13.5. The van der Waals surface area contributed by atoms with Crippen LogP contribution in [0.4, 0.5) is 0 Å². The number of hydrogen-bond donors (Lipinski definition) is 0. The molecule has 0 saturated carbocycles. The van der Waals surface area contributed by atoms with E-state index >= 15 is 0 Å². The Bertz CT molecular complexity index is 644. The summed E-state index contributed by atoms with van der Waals surface area (Å²) in [5, 5.41) is 0.611. The molecule has 21 heavy (non-hydrogen) atoms. The number of ether oxygens (including phenoxy) is 1. The largest absolute Gasteiger partial charge is 0.483 e. The van der Waals surface area contributed by atoms with Gasteiger partial charge in [0.1, 0.15) is 5.75 Å². The van der Waals surface area contributed by atoms with Crippen molar-refractivity contribution >= 4 is 27.3 Å². The van der Waals surface area contributed by atoms with Crippen LogP contribution in [0.2, 0.25) is 5.02 Å². The van der Waals surface area contributed by atoms with Crippen molar-refractivity contribution in [2.24, 2.45) is 0 Å². The lowest BCUT2D eigenvalue weighted by Gasteiger charge is -2.23. The fourth-order valence-corrected chi connectivity index (χ4v) is 4.30. The van der Waals surface area contributed by atoms with Crippen molar-refractivity contribution in [1.82, 2.24) is 4.90 Å². The van der Waals surface area contributed by atoms with Gasteiger partial charge in [0, 0.05) is 18.1 Å². The number of nitrogens with zero attached hydrogens (tertiary/aromatic N) is 1. The van der Waals surface area contributed by atoms with Gasteiger partial charge in [-0.2, -0.15) is 0 Å². The average Bonchev–Trinajstić information content (AvgIpc) is 2.77. The van der Waals surface area contributed by atoms with E-state index in [9.17, 15) is 13.2 Å². The Balaban J connectivity index is 1.92. The zero-order chi connectivity index (χ0) is 15.6. The van der Waals surface area contributed by atoms with Gasteiger partial charge in [0.25, 0.3) is 5.91 Å². The maximum absolute atomic E-state index is 12.1. The van der Waals surface area contributed by atoms with E-state index in [1.807, 2.05) is 6.92 Å². The normalized spacial score (nSPS) is 20.2. The van der Waals surface area contributed by atoms with Gasteiger partial charge < -0.3 is 9.64 Å². The molecule has 0 radical (unpaired) electrons. The fourth-order valence-electron chi connectivity index (χ4n) is 2.30. The highest BCUT2D eigenvalue weighted by atomic mass is 35.5. The molecular formula is C14H18ClNO4S. The Morgan fingerprint density at radius 3 is 2.76 bits per heavy atom. The summed E-state index contributed by atoms with van der Waals surface area (Å²) in [5.74, 6) is 0.549. The van der Waals surface area contributed by atoms with Crippen molar-refractivity contribution in [3.05, 3.63) is 28.8 Å². The molecule has 0 N–H and O–H groups in total. The summed E-state index contributed by atoms with van der Waals surface area (Å²) in [6.45, 7) is 1.73. The number of halogens is 1. The van der Waals surface area contributed by atoms with Crippen molar-refractivity contribution in [1.29, 1.82) is 0 Å². The highest BCUT2D eigenvalue weighted by Crippen LogP contribution is 2.22. The van der Waals surface area contributed by atoms with Crippen LogP contribution in [0, 0.1) is 6.92 Å². The summed E-state index contributed by atoms with van der Waals surface area (Å²) >= 11 is 5.86. The molecule has 5 nitrogen and oxygen atoms in total. The third kappa shape index (κ3) is 4.11. The molecule has 1 aromatic carbocycles. The van der Waals surface area contributed by atoms with Crippen LogP contribution in [0.25, 0.3) is 0 Å². The first-order chi connectivity index (χ1) is 9.78. The molecule has 116 valence electrons. The molecule has 1 atom stereocenters. The molecule has 1 aliphatic heterocycles. The molecule has 1 amide bonds.